The van der Waals surface area contributed by atoms with Crippen molar-refractivity contribution in [2.24, 2.45) is 5.73 Å². The van der Waals surface area contributed by atoms with Gasteiger partial charge in [0.1, 0.15) is 17.7 Å². The second kappa shape index (κ2) is 7.25. The van der Waals surface area contributed by atoms with E-state index >= 15 is 0 Å². The van der Waals surface area contributed by atoms with Crippen LogP contribution < -0.4 is 10.5 Å². The summed E-state index contributed by atoms with van der Waals surface area (Å²) in [6, 6.07) is 11.5. The van der Waals surface area contributed by atoms with Crippen molar-refractivity contribution in [3.05, 3.63) is 63.3 Å². The van der Waals surface area contributed by atoms with Gasteiger partial charge in [-0.25, -0.2) is 4.39 Å². The Kier molecular flexibility index (Phi) is 5.62. The highest BCUT2D eigenvalue weighted by molar-refractivity contribution is 9.10. The molecule has 0 aliphatic carbocycles. The Bertz CT molecular complexity index is 603. The zero-order valence-electron chi connectivity index (χ0n) is 11.5. The number of hydrogen-bond acceptors (Lipinski definition) is 2. The molecule has 2 unspecified atom stereocenters. The first-order valence-electron chi connectivity index (χ1n) is 6.64. The summed E-state index contributed by atoms with van der Waals surface area (Å²) in [4.78, 5) is 0. The van der Waals surface area contributed by atoms with E-state index in [0.29, 0.717) is 21.7 Å². The first kappa shape index (κ1) is 16.3. The average Bonchev–Trinajstić information content (AvgIpc) is 2.44. The van der Waals surface area contributed by atoms with E-state index in [0.717, 1.165) is 5.56 Å². The van der Waals surface area contributed by atoms with Crippen molar-refractivity contribution < 1.29 is 9.13 Å². The maximum Gasteiger partial charge on any atom is 0.140 e. The summed E-state index contributed by atoms with van der Waals surface area (Å²) in [6.07, 6.45) is 0.282. The van der Waals surface area contributed by atoms with Gasteiger partial charge in [0, 0.05) is 27.2 Å². The number of hydrogen-bond donors (Lipinski definition) is 1. The molecule has 2 nitrogen and oxygen atoms in total. The smallest absolute Gasteiger partial charge is 0.140 e. The molecule has 0 saturated heterocycles. The average molecular weight is 373 g/mol. The third-order valence-electron chi connectivity index (χ3n) is 3.17. The molecular formula is C16H16BrClFNO. The first-order valence-corrected chi connectivity index (χ1v) is 7.81. The van der Waals surface area contributed by atoms with Crippen LogP contribution in [0.3, 0.4) is 0 Å². The monoisotopic (exact) mass is 371 g/mol. The number of nitrogens with two attached hydrogens (primary N) is 1. The molecule has 0 fully saturated rings. The highest BCUT2D eigenvalue weighted by atomic mass is 79.9. The molecule has 2 atom stereocenters. The molecule has 0 aliphatic heterocycles. The van der Waals surface area contributed by atoms with Crippen LogP contribution in [0.2, 0.25) is 5.02 Å². The van der Waals surface area contributed by atoms with E-state index in [2.05, 4.69) is 15.9 Å². The van der Waals surface area contributed by atoms with Gasteiger partial charge in [-0.3, -0.25) is 0 Å². The van der Waals surface area contributed by atoms with E-state index in [-0.39, 0.29) is 11.9 Å². The van der Waals surface area contributed by atoms with Crippen LogP contribution in [0.1, 0.15) is 25.0 Å². The Balaban J connectivity index is 2.35. The Morgan fingerprint density at radius 3 is 2.62 bits per heavy atom. The largest absolute Gasteiger partial charge is 0.484 e. The van der Waals surface area contributed by atoms with Gasteiger partial charge >= 0.3 is 0 Å². The molecule has 2 N–H and O–H groups in total. The summed E-state index contributed by atoms with van der Waals surface area (Å²) in [6.45, 7) is 1.97. The van der Waals surface area contributed by atoms with E-state index in [1.54, 1.807) is 12.1 Å². The van der Waals surface area contributed by atoms with Gasteiger partial charge in [-0.15, -0.1) is 0 Å². The van der Waals surface area contributed by atoms with Crippen LogP contribution in [-0.4, -0.2) is 6.04 Å². The van der Waals surface area contributed by atoms with Crippen LogP contribution >= 0.6 is 27.5 Å². The van der Waals surface area contributed by atoms with Crippen LogP contribution in [0.25, 0.3) is 0 Å². The van der Waals surface area contributed by atoms with Crippen LogP contribution in [0.4, 0.5) is 4.39 Å². The molecule has 0 amide bonds. The second-order valence-corrected chi connectivity index (χ2v) is 6.06. The topological polar surface area (TPSA) is 35.2 Å². The summed E-state index contributed by atoms with van der Waals surface area (Å²) >= 11 is 9.48. The number of halogens is 3. The molecule has 112 valence electrons. The molecule has 2 rings (SSSR count). The van der Waals surface area contributed by atoms with E-state index < -0.39 is 6.10 Å². The number of ether oxygens (including phenoxy) is 1. The molecule has 2 aromatic carbocycles. The summed E-state index contributed by atoms with van der Waals surface area (Å²) < 4.78 is 20.0. The molecule has 0 saturated carbocycles. The fraction of sp³-hybridized carbons (Fsp3) is 0.250. The Labute approximate surface area is 137 Å². The van der Waals surface area contributed by atoms with Gasteiger partial charge in [-0.1, -0.05) is 52.7 Å². The molecule has 0 aliphatic rings. The van der Waals surface area contributed by atoms with Crippen molar-refractivity contribution in [3.63, 3.8) is 0 Å². The number of benzene rings is 2. The second-order valence-electron chi connectivity index (χ2n) is 4.74. The van der Waals surface area contributed by atoms with Crippen LogP contribution in [0, 0.1) is 5.82 Å². The van der Waals surface area contributed by atoms with Crippen LogP contribution in [0.15, 0.2) is 46.9 Å². The van der Waals surface area contributed by atoms with Gasteiger partial charge in [0.15, 0.2) is 0 Å². The third kappa shape index (κ3) is 4.19. The highest BCUT2D eigenvalue weighted by Gasteiger charge is 2.23. The molecule has 0 spiro atoms. The lowest BCUT2D eigenvalue weighted by Gasteiger charge is -2.25. The maximum atomic E-state index is 13.5. The minimum absolute atomic E-state index is 0.244. The summed E-state index contributed by atoms with van der Waals surface area (Å²) in [5, 5.41) is 0.585. The van der Waals surface area contributed by atoms with Gasteiger partial charge in [0.05, 0.1) is 0 Å². The zero-order valence-corrected chi connectivity index (χ0v) is 13.9. The standard InChI is InChI=1S/C16H16BrClFNO/c1-2-15(20)16(13-5-3-4-6-14(13)18)21-12-8-10(17)7-11(19)9-12/h3-9,15-16H,2,20H2,1H3. The van der Waals surface area contributed by atoms with E-state index in [1.165, 1.54) is 12.1 Å². The van der Waals surface area contributed by atoms with Gasteiger partial charge in [-0.05, 0) is 24.6 Å². The Morgan fingerprint density at radius 2 is 2.00 bits per heavy atom. The molecule has 21 heavy (non-hydrogen) atoms. The van der Waals surface area contributed by atoms with Crippen molar-refractivity contribution in [1.82, 2.24) is 0 Å². The van der Waals surface area contributed by atoms with Crippen molar-refractivity contribution >= 4 is 27.5 Å². The molecular weight excluding hydrogens is 357 g/mol. The van der Waals surface area contributed by atoms with Gasteiger partial charge < -0.3 is 10.5 Å². The van der Waals surface area contributed by atoms with Crippen molar-refractivity contribution in [1.29, 1.82) is 0 Å². The highest BCUT2D eigenvalue weighted by Crippen LogP contribution is 2.31. The summed E-state index contributed by atoms with van der Waals surface area (Å²) in [5.41, 5.74) is 6.95. The predicted molar refractivity (Wildman–Crippen MR) is 87.2 cm³/mol. The Morgan fingerprint density at radius 1 is 1.29 bits per heavy atom. The SMILES string of the molecule is CCC(N)C(Oc1cc(F)cc(Br)c1)c1ccccc1Cl. The van der Waals surface area contributed by atoms with Crippen LogP contribution in [0.5, 0.6) is 5.75 Å². The molecule has 0 bridgehead atoms. The normalized spacial score (nSPS) is 13.8. The number of rotatable bonds is 5. The first-order chi connectivity index (χ1) is 10.0. The lowest BCUT2D eigenvalue weighted by Crippen LogP contribution is -2.31. The zero-order chi connectivity index (χ0) is 15.4. The predicted octanol–water partition coefficient (Wildman–Crippen LogP) is 5.10. The molecule has 0 radical (unpaired) electrons. The summed E-state index contributed by atoms with van der Waals surface area (Å²) in [5.74, 6) is 0.0399. The minimum atomic E-state index is -0.433. The molecule has 2 aromatic rings. The van der Waals surface area contributed by atoms with Crippen molar-refractivity contribution in [2.75, 3.05) is 0 Å². The summed E-state index contributed by atoms with van der Waals surface area (Å²) in [7, 11) is 0. The van der Waals surface area contributed by atoms with Crippen molar-refractivity contribution in [3.8, 4) is 5.75 Å². The van der Waals surface area contributed by atoms with E-state index in [4.69, 9.17) is 22.1 Å². The van der Waals surface area contributed by atoms with Gasteiger partial charge in [-0.2, -0.15) is 0 Å². The lowest BCUT2D eigenvalue weighted by molar-refractivity contribution is 0.170. The third-order valence-corrected chi connectivity index (χ3v) is 3.97. The fourth-order valence-electron chi connectivity index (χ4n) is 2.04. The van der Waals surface area contributed by atoms with Crippen LogP contribution in [-0.2, 0) is 0 Å². The van der Waals surface area contributed by atoms with E-state index in [9.17, 15) is 4.39 Å². The molecule has 5 heteroatoms. The molecule has 0 aromatic heterocycles. The lowest BCUT2D eigenvalue weighted by atomic mass is 10.0. The maximum absolute atomic E-state index is 13.5. The Hall–Kier alpha value is -1.10. The van der Waals surface area contributed by atoms with Gasteiger partial charge in [0.2, 0.25) is 0 Å². The molecule has 0 heterocycles. The van der Waals surface area contributed by atoms with E-state index in [1.807, 2.05) is 25.1 Å². The van der Waals surface area contributed by atoms with Gasteiger partial charge in [0.25, 0.3) is 0 Å². The fourth-order valence-corrected chi connectivity index (χ4v) is 2.73. The quantitative estimate of drug-likeness (QED) is 0.792. The van der Waals surface area contributed by atoms with Crippen molar-refractivity contribution in [2.45, 2.75) is 25.5 Å². The minimum Gasteiger partial charge on any atom is -0.484 e.